The van der Waals surface area contributed by atoms with E-state index >= 15 is 0 Å². The molecule has 0 aliphatic carbocycles. The molecule has 150 valence electrons. The van der Waals surface area contributed by atoms with Gasteiger partial charge in [-0.05, 0) is 18.6 Å². The zero-order chi connectivity index (χ0) is 20.0. The Labute approximate surface area is 161 Å². The number of morpholine rings is 1. The molecule has 1 amide bonds. The zero-order valence-electron chi connectivity index (χ0n) is 15.0. The van der Waals surface area contributed by atoms with Crippen LogP contribution in [0.1, 0.15) is 12.8 Å². The molecular formula is C17H24N2O6S2. The minimum absolute atomic E-state index is 0.0228. The zero-order valence-corrected chi connectivity index (χ0v) is 16.7. The largest absolute Gasteiger partial charge is 0.486 e. The van der Waals surface area contributed by atoms with Gasteiger partial charge in [0.1, 0.15) is 11.9 Å². The third-order valence-corrected chi connectivity index (χ3v) is 6.70. The van der Waals surface area contributed by atoms with Gasteiger partial charge in [-0.25, -0.2) is 16.8 Å². The van der Waals surface area contributed by atoms with E-state index in [1.54, 1.807) is 6.08 Å². The van der Waals surface area contributed by atoms with Crippen LogP contribution in [0.5, 0.6) is 0 Å². The van der Waals surface area contributed by atoms with E-state index in [1.807, 2.05) is 0 Å². The summed E-state index contributed by atoms with van der Waals surface area (Å²) in [6, 6.07) is 0. The minimum Gasteiger partial charge on any atom is -0.486 e. The quantitative estimate of drug-likeness (QED) is 0.629. The Kier molecular flexibility index (Phi) is 7.25. The fourth-order valence-corrected chi connectivity index (χ4v) is 4.77. The van der Waals surface area contributed by atoms with Gasteiger partial charge in [0, 0.05) is 19.5 Å². The van der Waals surface area contributed by atoms with Crippen molar-refractivity contribution in [3.63, 3.8) is 0 Å². The SMILES string of the molecule is C=C/C=C1/OC(CCC(=O)N2CCS(=O)(=O)CC2)CN([SH](=O)=O)/C1=C/C=C. The summed E-state index contributed by atoms with van der Waals surface area (Å²) in [5.41, 5.74) is 0.366. The molecule has 2 aliphatic heterocycles. The lowest BCUT2D eigenvalue weighted by molar-refractivity contribution is -0.131. The second-order valence-corrected chi connectivity index (χ2v) is 9.45. The van der Waals surface area contributed by atoms with Crippen LogP contribution in [0, 0.1) is 0 Å². The topological polar surface area (TPSA) is 101 Å². The van der Waals surface area contributed by atoms with Gasteiger partial charge in [-0.1, -0.05) is 25.3 Å². The van der Waals surface area contributed by atoms with Gasteiger partial charge in [-0.15, -0.1) is 0 Å². The highest BCUT2D eigenvalue weighted by molar-refractivity contribution is 7.91. The van der Waals surface area contributed by atoms with Crippen LogP contribution in [0.4, 0.5) is 0 Å². The molecule has 2 saturated heterocycles. The molecule has 0 radical (unpaired) electrons. The number of carbonyl (C=O) groups excluding carboxylic acids is 1. The van der Waals surface area contributed by atoms with Crippen molar-refractivity contribution in [3.8, 4) is 0 Å². The van der Waals surface area contributed by atoms with Gasteiger partial charge >= 0.3 is 0 Å². The van der Waals surface area contributed by atoms with Gasteiger partial charge in [0.25, 0.3) is 0 Å². The lowest BCUT2D eigenvalue weighted by Gasteiger charge is -2.35. The third-order valence-electron chi connectivity index (χ3n) is 4.32. The molecule has 0 saturated carbocycles. The molecule has 0 aromatic rings. The van der Waals surface area contributed by atoms with Gasteiger partial charge in [0.15, 0.2) is 9.84 Å². The summed E-state index contributed by atoms with van der Waals surface area (Å²) < 4.78 is 53.2. The van der Waals surface area contributed by atoms with Crippen LogP contribution < -0.4 is 0 Å². The second kappa shape index (κ2) is 9.23. The molecule has 0 bridgehead atoms. The molecule has 0 aromatic heterocycles. The average molecular weight is 417 g/mol. The maximum Gasteiger partial charge on any atom is 0.225 e. The Hall–Kier alpha value is -2.07. The van der Waals surface area contributed by atoms with Crippen LogP contribution in [-0.2, 0) is 30.3 Å². The molecule has 27 heavy (non-hydrogen) atoms. The number of sulfone groups is 1. The summed E-state index contributed by atoms with van der Waals surface area (Å²) in [6.45, 7) is 7.66. The van der Waals surface area contributed by atoms with Crippen molar-refractivity contribution in [2.45, 2.75) is 18.9 Å². The van der Waals surface area contributed by atoms with Crippen LogP contribution in [0.25, 0.3) is 0 Å². The normalized spacial score (nSPS) is 25.4. The number of hydrogen-bond donors (Lipinski definition) is 1. The molecule has 2 rings (SSSR count). The summed E-state index contributed by atoms with van der Waals surface area (Å²) in [6.07, 6.45) is 6.03. The Morgan fingerprint density at radius 2 is 1.81 bits per heavy atom. The fourth-order valence-electron chi connectivity index (χ4n) is 2.92. The highest BCUT2D eigenvalue weighted by Crippen LogP contribution is 2.27. The van der Waals surface area contributed by atoms with Crippen molar-refractivity contribution in [1.82, 2.24) is 9.21 Å². The summed E-state index contributed by atoms with van der Waals surface area (Å²) in [5.74, 6) is 0.140. The maximum atomic E-state index is 12.3. The van der Waals surface area contributed by atoms with Crippen LogP contribution >= 0.6 is 0 Å². The number of rotatable bonds is 6. The molecule has 1 unspecified atom stereocenters. The van der Waals surface area contributed by atoms with Crippen molar-refractivity contribution in [1.29, 1.82) is 0 Å². The molecule has 0 aromatic carbocycles. The maximum absolute atomic E-state index is 12.3. The van der Waals surface area contributed by atoms with Gasteiger partial charge in [0.2, 0.25) is 16.8 Å². The van der Waals surface area contributed by atoms with E-state index in [1.165, 1.54) is 27.4 Å². The van der Waals surface area contributed by atoms with Crippen LogP contribution in [0.2, 0.25) is 0 Å². The number of hydrogen-bond acceptors (Lipinski definition) is 6. The van der Waals surface area contributed by atoms with Gasteiger partial charge in [-0.3, -0.25) is 9.10 Å². The molecule has 10 heteroatoms. The molecule has 1 atom stereocenters. The predicted octanol–water partition coefficient (Wildman–Crippen LogP) is 0.391. The number of allylic oxidation sites excluding steroid dienone is 4. The van der Waals surface area contributed by atoms with E-state index in [-0.39, 0.29) is 43.5 Å². The summed E-state index contributed by atoms with van der Waals surface area (Å²) in [7, 11) is -5.93. The van der Waals surface area contributed by atoms with E-state index in [9.17, 15) is 21.6 Å². The van der Waals surface area contributed by atoms with E-state index < -0.39 is 26.8 Å². The highest BCUT2D eigenvalue weighted by Gasteiger charge is 2.31. The summed E-state index contributed by atoms with van der Waals surface area (Å²) in [5, 5.41) is 0. The lowest BCUT2D eigenvalue weighted by Crippen LogP contribution is -2.44. The Bertz CT molecular complexity index is 819. The molecule has 8 nitrogen and oxygen atoms in total. The lowest BCUT2D eigenvalue weighted by atomic mass is 10.1. The van der Waals surface area contributed by atoms with Crippen molar-refractivity contribution in [2.24, 2.45) is 0 Å². The van der Waals surface area contributed by atoms with Crippen LogP contribution in [-0.4, -0.2) is 69.2 Å². The number of carbonyl (C=O) groups is 1. The van der Waals surface area contributed by atoms with Crippen molar-refractivity contribution < 1.29 is 26.4 Å². The first kappa shape index (κ1) is 21.2. The molecule has 0 spiro atoms. The molecule has 2 aliphatic rings. The monoisotopic (exact) mass is 416 g/mol. The van der Waals surface area contributed by atoms with Crippen LogP contribution in [0.3, 0.4) is 0 Å². The average Bonchev–Trinajstić information content (AvgIpc) is 2.61. The minimum atomic E-state index is -3.05. The van der Waals surface area contributed by atoms with E-state index in [0.29, 0.717) is 17.9 Å². The molecule has 2 fully saturated rings. The standard InChI is InChI=1S/C17H24N2O6S2/c1-3-5-15-16(6-4-2)25-14(13-19(15)26(21)22)7-8-17(20)18-9-11-27(23,24)12-10-18/h3-6,14,26H,1-2,7-13H2/b15-5+,16-6+. The number of ether oxygens (including phenoxy) is 1. The predicted molar refractivity (Wildman–Crippen MR) is 103 cm³/mol. The first-order valence-electron chi connectivity index (χ1n) is 8.50. The van der Waals surface area contributed by atoms with E-state index in [2.05, 4.69) is 13.2 Å². The Morgan fingerprint density at radius 1 is 1.19 bits per heavy atom. The second-order valence-electron chi connectivity index (χ2n) is 6.19. The third kappa shape index (κ3) is 5.70. The van der Waals surface area contributed by atoms with Gasteiger partial charge < -0.3 is 9.64 Å². The van der Waals surface area contributed by atoms with Crippen molar-refractivity contribution in [2.75, 3.05) is 31.1 Å². The first-order valence-corrected chi connectivity index (χ1v) is 11.4. The molecule has 0 N–H and O–H groups in total. The number of amides is 1. The number of thiol groups is 1. The Balaban J connectivity index is 2.03. The molecule has 2 heterocycles. The Morgan fingerprint density at radius 3 is 2.37 bits per heavy atom. The van der Waals surface area contributed by atoms with Crippen molar-refractivity contribution in [3.05, 3.63) is 48.9 Å². The van der Waals surface area contributed by atoms with Gasteiger partial charge in [-0.2, -0.15) is 0 Å². The number of nitrogens with zero attached hydrogens (tertiary/aromatic N) is 2. The highest BCUT2D eigenvalue weighted by atomic mass is 32.2. The van der Waals surface area contributed by atoms with Crippen molar-refractivity contribution >= 4 is 26.6 Å². The van der Waals surface area contributed by atoms with Crippen LogP contribution in [0.15, 0.2) is 48.9 Å². The smallest absolute Gasteiger partial charge is 0.225 e. The van der Waals surface area contributed by atoms with E-state index in [4.69, 9.17) is 4.74 Å². The fraction of sp³-hybridized carbons (Fsp3) is 0.471. The van der Waals surface area contributed by atoms with E-state index in [0.717, 1.165) is 0 Å². The summed E-state index contributed by atoms with van der Waals surface area (Å²) in [4.78, 5) is 13.9. The first-order chi connectivity index (χ1) is 12.8. The molecular weight excluding hydrogens is 392 g/mol. The van der Waals surface area contributed by atoms with Gasteiger partial charge in [0.05, 0.1) is 23.7 Å². The summed E-state index contributed by atoms with van der Waals surface area (Å²) >= 11 is 0.